The highest BCUT2D eigenvalue weighted by Crippen LogP contribution is 2.47. The van der Waals surface area contributed by atoms with Crippen LogP contribution in [0.5, 0.6) is 0 Å². The minimum Gasteiger partial charge on any atom is -0.352 e. The van der Waals surface area contributed by atoms with E-state index in [2.05, 4.69) is 10.6 Å². The van der Waals surface area contributed by atoms with Crippen LogP contribution in [0.15, 0.2) is 18.2 Å². The Hall–Kier alpha value is -1.55. The number of hydrogen-bond acceptors (Lipinski definition) is 2. The molecule has 0 heterocycles. The Morgan fingerprint density at radius 1 is 1.25 bits per heavy atom. The van der Waals surface area contributed by atoms with Gasteiger partial charge in [-0.2, -0.15) is 0 Å². The fourth-order valence-corrected chi connectivity index (χ4v) is 2.47. The molecule has 0 atom stereocenters. The number of benzene rings is 1. The van der Waals surface area contributed by atoms with E-state index >= 15 is 0 Å². The van der Waals surface area contributed by atoms with Crippen LogP contribution in [0.1, 0.15) is 31.2 Å². The van der Waals surface area contributed by atoms with Gasteiger partial charge in [-0.3, -0.25) is 9.59 Å². The molecule has 0 radical (unpaired) electrons. The summed E-state index contributed by atoms with van der Waals surface area (Å²) in [4.78, 5) is 24.5. The van der Waals surface area contributed by atoms with Crippen molar-refractivity contribution in [2.45, 2.75) is 38.6 Å². The lowest BCUT2D eigenvalue weighted by Crippen LogP contribution is -2.40. The van der Waals surface area contributed by atoms with Crippen molar-refractivity contribution in [2.75, 3.05) is 5.32 Å². The first-order valence-electron chi connectivity index (χ1n) is 6.90. The lowest BCUT2D eigenvalue weighted by molar-refractivity contribution is -0.134. The summed E-state index contributed by atoms with van der Waals surface area (Å²) in [6.45, 7) is 1.88. The van der Waals surface area contributed by atoms with Crippen LogP contribution in [0.3, 0.4) is 0 Å². The first-order valence-corrected chi connectivity index (χ1v) is 7.28. The van der Waals surface area contributed by atoms with Gasteiger partial charge in [-0.05, 0) is 56.4 Å². The van der Waals surface area contributed by atoms with Crippen molar-refractivity contribution in [3.05, 3.63) is 28.8 Å². The summed E-state index contributed by atoms with van der Waals surface area (Å²) < 4.78 is 0. The summed E-state index contributed by atoms with van der Waals surface area (Å²) >= 11 is 5.89. The average molecular weight is 293 g/mol. The van der Waals surface area contributed by atoms with E-state index in [1.807, 2.05) is 6.92 Å². The maximum atomic E-state index is 12.4. The first kappa shape index (κ1) is 13.4. The van der Waals surface area contributed by atoms with Crippen LogP contribution in [0.2, 0.25) is 5.02 Å². The monoisotopic (exact) mass is 292 g/mol. The lowest BCUT2D eigenvalue weighted by Gasteiger charge is -2.16. The van der Waals surface area contributed by atoms with E-state index in [9.17, 15) is 9.59 Å². The molecule has 4 nitrogen and oxygen atoms in total. The Labute approximate surface area is 122 Å². The van der Waals surface area contributed by atoms with Gasteiger partial charge in [0.2, 0.25) is 11.8 Å². The highest BCUT2D eigenvalue weighted by atomic mass is 35.5. The number of rotatable bonds is 4. The predicted octanol–water partition coefficient (Wildman–Crippen LogP) is 2.65. The van der Waals surface area contributed by atoms with E-state index < -0.39 is 5.41 Å². The van der Waals surface area contributed by atoms with Crippen LogP contribution in [-0.4, -0.2) is 17.9 Å². The van der Waals surface area contributed by atoms with Gasteiger partial charge in [0.1, 0.15) is 5.41 Å². The minimum atomic E-state index is -0.853. The van der Waals surface area contributed by atoms with E-state index in [1.165, 1.54) is 0 Å². The number of nitrogens with one attached hydrogen (secondary N) is 2. The molecule has 2 aliphatic rings. The smallest absolute Gasteiger partial charge is 0.240 e. The summed E-state index contributed by atoms with van der Waals surface area (Å²) in [5.41, 5.74) is 0.753. The second kappa shape index (κ2) is 4.77. The number of hydrogen-bond donors (Lipinski definition) is 2. The molecule has 0 bridgehead atoms. The van der Waals surface area contributed by atoms with Crippen LogP contribution in [0.4, 0.5) is 5.69 Å². The van der Waals surface area contributed by atoms with Gasteiger partial charge < -0.3 is 10.6 Å². The summed E-state index contributed by atoms with van der Waals surface area (Å²) in [6, 6.07) is 5.57. The summed E-state index contributed by atoms with van der Waals surface area (Å²) in [5.74, 6) is -0.329. The molecule has 0 aliphatic heterocycles. The molecule has 2 N–H and O–H groups in total. The largest absolute Gasteiger partial charge is 0.352 e. The molecule has 106 valence electrons. The number of halogens is 1. The Morgan fingerprint density at radius 2 is 1.95 bits per heavy atom. The molecule has 2 fully saturated rings. The standard InChI is InChI=1S/C15H17ClN2O2/c1-9-8-10(16)2-5-12(9)18-14(20)15(6-7-15)13(19)17-11-3-4-11/h2,5,8,11H,3-4,6-7H2,1H3,(H,17,19)(H,18,20). The van der Waals surface area contributed by atoms with Gasteiger partial charge in [0.25, 0.3) is 0 Å². The second-order valence-corrected chi connectivity index (χ2v) is 6.18. The van der Waals surface area contributed by atoms with Gasteiger partial charge >= 0.3 is 0 Å². The van der Waals surface area contributed by atoms with Crippen molar-refractivity contribution >= 4 is 29.1 Å². The maximum absolute atomic E-state index is 12.4. The Kier molecular flexibility index (Phi) is 3.21. The van der Waals surface area contributed by atoms with Gasteiger partial charge in [0, 0.05) is 16.8 Å². The molecule has 0 aromatic heterocycles. The maximum Gasteiger partial charge on any atom is 0.240 e. The third kappa shape index (κ3) is 2.52. The molecule has 2 amide bonds. The lowest BCUT2D eigenvalue weighted by atomic mass is 10.0. The van der Waals surface area contributed by atoms with E-state index in [0.29, 0.717) is 23.6 Å². The highest BCUT2D eigenvalue weighted by Gasteiger charge is 2.57. The molecule has 0 spiro atoms. The van der Waals surface area contributed by atoms with Crippen molar-refractivity contribution in [3.8, 4) is 0 Å². The fourth-order valence-electron chi connectivity index (χ4n) is 2.24. The molecule has 2 saturated carbocycles. The molecule has 0 saturated heterocycles. The van der Waals surface area contributed by atoms with Crippen LogP contribution in [0, 0.1) is 12.3 Å². The summed E-state index contributed by atoms with van der Waals surface area (Å²) in [6.07, 6.45) is 3.31. The molecule has 1 aromatic rings. The molecule has 0 unspecified atom stereocenters. The van der Waals surface area contributed by atoms with E-state index in [-0.39, 0.29) is 17.9 Å². The number of carbonyl (C=O) groups is 2. The number of amides is 2. The second-order valence-electron chi connectivity index (χ2n) is 5.74. The fraction of sp³-hybridized carbons (Fsp3) is 0.467. The molecular formula is C15H17ClN2O2. The number of aryl methyl sites for hydroxylation is 1. The average Bonchev–Trinajstić information content (AvgIpc) is 3.24. The van der Waals surface area contributed by atoms with Crippen molar-refractivity contribution in [1.82, 2.24) is 5.32 Å². The SMILES string of the molecule is Cc1cc(Cl)ccc1NC(=O)C1(C(=O)NC2CC2)CC1. The zero-order valence-corrected chi connectivity index (χ0v) is 12.1. The molecule has 3 rings (SSSR count). The van der Waals surface area contributed by atoms with E-state index in [4.69, 9.17) is 11.6 Å². The van der Waals surface area contributed by atoms with Gasteiger partial charge in [0.05, 0.1) is 0 Å². The van der Waals surface area contributed by atoms with E-state index in [1.54, 1.807) is 18.2 Å². The number of anilines is 1. The summed E-state index contributed by atoms with van der Waals surface area (Å²) in [5, 5.41) is 6.42. The number of carbonyl (C=O) groups excluding carboxylic acids is 2. The Bertz CT molecular complexity index is 577. The summed E-state index contributed by atoms with van der Waals surface area (Å²) in [7, 11) is 0. The molecule has 5 heteroatoms. The third-order valence-corrected chi connectivity index (χ3v) is 4.20. The zero-order valence-electron chi connectivity index (χ0n) is 11.3. The molecular weight excluding hydrogens is 276 g/mol. The van der Waals surface area contributed by atoms with Gasteiger partial charge in [-0.25, -0.2) is 0 Å². The third-order valence-electron chi connectivity index (χ3n) is 3.97. The highest BCUT2D eigenvalue weighted by molar-refractivity contribution is 6.30. The molecule has 1 aromatic carbocycles. The topological polar surface area (TPSA) is 58.2 Å². The van der Waals surface area contributed by atoms with Crippen molar-refractivity contribution in [1.29, 1.82) is 0 Å². The van der Waals surface area contributed by atoms with Gasteiger partial charge in [-0.1, -0.05) is 11.6 Å². The molecule has 2 aliphatic carbocycles. The first-order chi connectivity index (χ1) is 9.51. The normalized spacial score (nSPS) is 19.3. The van der Waals surface area contributed by atoms with Crippen LogP contribution in [-0.2, 0) is 9.59 Å². The minimum absolute atomic E-state index is 0.121. The quantitative estimate of drug-likeness (QED) is 0.838. The van der Waals surface area contributed by atoms with Crippen LogP contribution in [0.25, 0.3) is 0 Å². The van der Waals surface area contributed by atoms with Crippen molar-refractivity contribution in [3.63, 3.8) is 0 Å². The van der Waals surface area contributed by atoms with E-state index in [0.717, 1.165) is 18.4 Å². The van der Waals surface area contributed by atoms with Crippen LogP contribution >= 0.6 is 11.6 Å². The Morgan fingerprint density at radius 3 is 2.50 bits per heavy atom. The molecule has 20 heavy (non-hydrogen) atoms. The zero-order chi connectivity index (χ0) is 14.3. The van der Waals surface area contributed by atoms with Gasteiger partial charge in [-0.15, -0.1) is 0 Å². The van der Waals surface area contributed by atoms with Gasteiger partial charge in [0.15, 0.2) is 0 Å². The Balaban J connectivity index is 1.70. The van der Waals surface area contributed by atoms with Crippen molar-refractivity contribution in [2.24, 2.45) is 5.41 Å². The predicted molar refractivity (Wildman–Crippen MR) is 77.7 cm³/mol. The van der Waals surface area contributed by atoms with Crippen molar-refractivity contribution < 1.29 is 9.59 Å². The van der Waals surface area contributed by atoms with Crippen LogP contribution < -0.4 is 10.6 Å².